The van der Waals surface area contributed by atoms with Crippen molar-refractivity contribution in [1.29, 1.82) is 0 Å². The third kappa shape index (κ3) is 3.65. The maximum absolute atomic E-state index is 13.2. The molecular weight excluding hydrogens is 430 g/mol. The number of aromatic nitrogens is 1. The van der Waals surface area contributed by atoms with Crippen LogP contribution in [0.25, 0.3) is 10.9 Å². The Morgan fingerprint density at radius 3 is 2.74 bits per heavy atom. The highest BCUT2D eigenvalue weighted by Gasteiger charge is 2.24. The van der Waals surface area contributed by atoms with Crippen LogP contribution in [-0.4, -0.2) is 24.0 Å². The number of hydrogen-bond acceptors (Lipinski definition) is 4. The van der Waals surface area contributed by atoms with Gasteiger partial charge in [-0.05, 0) is 55.8 Å². The maximum atomic E-state index is 13.2. The van der Waals surface area contributed by atoms with Gasteiger partial charge in [-0.2, -0.15) is 0 Å². The average Bonchev–Trinajstić information content (AvgIpc) is 3.17. The summed E-state index contributed by atoms with van der Waals surface area (Å²) in [6.07, 6.45) is 0.936. The molecule has 1 aromatic heterocycles. The molecule has 5 nitrogen and oxygen atoms in total. The molecule has 0 aliphatic carbocycles. The Morgan fingerprint density at radius 2 is 2.04 bits per heavy atom. The van der Waals surface area contributed by atoms with E-state index in [4.69, 9.17) is 21.4 Å². The molecule has 0 radical (unpaired) electrons. The summed E-state index contributed by atoms with van der Waals surface area (Å²) in [5.41, 5.74) is 2.80. The van der Waals surface area contributed by atoms with E-state index < -0.39 is 0 Å². The fourth-order valence-electron chi connectivity index (χ4n) is 3.19. The van der Waals surface area contributed by atoms with Gasteiger partial charge in [-0.25, -0.2) is 10.0 Å². The fraction of sp³-hybridized carbons (Fsp3) is 0.200. The van der Waals surface area contributed by atoms with E-state index in [1.54, 1.807) is 29.3 Å². The minimum atomic E-state index is -0.194. The Hall–Kier alpha value is -2.15. The molecule has 3 aromatic rings. The number of carbonyl (C=O) groups excluding carboxylic acids is 1. The van der Waals surface area contributed by atoms with Gasteiger partial charge in [0, 0.05) is 32.7 Å². The first-order chi connectivity index (χ1) is 13.0. The van der Waals surface area contributed by atoms with Crippen molar-refractivity contribution in [3.8, 4) is 0 Å². The van der Waals surface area contributed by atoms with Crippen LogP contribution in [0.1, 0.15) is 22.3 Å². The van der Waals surface area contributed by atoms with Gasteiger partial charge in [0.05, 0.1) is 17.7 Å². The van der Waals surface area contributed by atoms with Gasteiger partial charge in [-0.3, -0.25) is 9.63 Å². The van der Waals surface area contributed by atoms with E-state index in [0.717, 1.165) is 33.9 Å². The minimum absolute atomic E-state index is 0.194. The van der Waals surface area contributed by atoms with E-state index in [2.05, 4.69) is 21.2 Å². The van der Waals surface area contributed by atoms with E-state index in [1.165, 1.54) is 0 Å². The first-order valence-electron chi connectivity index (χ1n) is 8.60. The van der Waals surface area contributed by atoms with Crippen LogP contribution in [-0.2, 0) is 4.84 Å². The van der Waals surface area contributed by atoms with Gasteiger partial charge >= 0.3 is 0 Å². The number of halogens is 2. The number of nitrogens with one attached hydrogen (secondary N) is 1. The van der Waals surface area contributed by atoms with Crippen molar-refractivity contribution in [2.75, 3.05) is 23.5 Å². The van der Waals surface area contributed by atoms with Gasteiger partial charge in [0.25, 0.3) is 5.91 Å². The summed E-state index contributed by atoms with van der Waals surface area (Å²) in [6, 6.07) is 12.8. The molecule has 1 N–H and O–H groups in total. The number of fused-ring (bicyclic) bond motifs is 1. The number of anilines is 2. The second kappa shape index (κ2) is 7.46. The lowest BCUT2D eigenvalue weighted by Crippen LogP contribution is -2.22. The van der Waals surface area contributed by atoms with Gasteiger partial charge < -0.3 is 5.32 Å². The molecule has 1 aliphatic rings. The molecule has 1 saturated heterocycles. The highest BCUT2D eigenvalue weighted by atomic mass is 79.9. The fourth-order valence-corrected chi connectivity index (χ4v) is 3.68. The van der Waals surface area contributed by atoms with Crippen LogP contribution in [0.2, 0.25) is 5.02 Å². The molecule has 2 aromatic carbocycles. The van der Waals surface area contributed by atoms with Crippen molar-refractivity contribution >= 4 is 55.8 Å². The Bertz CT molecular complexity index is 1020. The van der Waals surface area contributed by atoms with Crippen LogP contribution in [0.4, 0.5) is 11.5 Å². The summed E-state index contributed by atoms with van der Waals surface area (Å²) >= 11 is 9.42. The zero-order chi connectivity index (χ0) is 19.0. The van der Waals surface area contributed by atoms with Crippen LogP contribution in [0.3, 0.4) is 0 Å². The van der Waals surface area contributed by atoms with Gasteiger partial charge in [-0.15, -0.1) is 0 Å². The van der Waals surface area contributed by atoms with Crippen molar-refractivity contribution in [1.82, 2.24) is 4.98 Å². The van der Waals surface area contributed by atoms with Crippen LogP contribution in [0.5, 0.6) is 0 Å². The lowest BCUT2D eigenvalue weighted by Gasteiger charge is -2.21. The van der Waals surface area contributed by atoms with Crippen LogP contribution in [0.15, 0.2) is 46.9 Å². The zero-order valence-corrected chi connectivity index (χ0v) is 17.0. The number of pyridine rings is 1. The van der Waals surface area contributed by atoms with Gasteiger partial charge in [-0.1, -0.05) is 27.5 Å². The SMILES string of the molecule is Cc1c(N2CCCO2)nc2ccc(Br)cc2c1C(=O)Nc1ccc(Cl)cc1. The lowest BCUT2D eigenvalue weighted by atomic mass is 10.0. The Kier molecular flexibility index (Phi) is 5.04. The number of benzene rings is 2. The van der Waals surface area contributed by atoms with E-state index in [0.29, 0.717) is 28.7 Å². The molecule has 27 heavy (non-hydrogen) atoms. The molecule has 0 spiro atoms. The maximum Gasteiger partial charge on any atom is 0.256 e. The summed E-state index contributed by atoms with van der Waals surface area (Å²) in [4.78, 5) is 23.6. The largest absolute Gasteiger partial charge is 0.322 e. The van der Waals surface area contributed by atoms with Crippen molar-refractivity contribution in [2.24, 2.45) is 0 Å². The molecule has 0 bridgehead atoms. The number of hydrogen-bond donors (Lipinski definition) is 1. The predicted octanol–water partition coefficient (Wildman–Crippen LogP) is 5.35. The Morgan fingerprint density at radius 1 is 1.26 bits per heavy atom. The predicted molar refractivity (Wildman–Crippen MR) is 112 cm³/mol. The van der Waals surface area contributed by atoms with Gasteiger partial charge in [0.1, 0.15) is 0 Å². The molecular formula is C20H17BrClN3O2. The van der Waals surface area contributed by atoms with Crippen LogP contribution < -0.4 is 10.4 Å². The highest BCUT2D eigenvalue weighted by Crippen LogP contribution is 2.32. The number of amides is 1. The van der Waals surface area contributed by atoms with E-state index >= 15 is 0 Å². The Balaban J connectivity index is 1.83. The zero-order valence-electron chi connectivity index (χ0n) is 14.6. The molecule has 0 atom stereocenters. The van der Waals surface area contributed by atoms with Crippen molar-refractivity contribution < 1.29 is 9.63 Å². The summed E-state index contributed by atoms with van der Waals surface area (Å²) < 4.78 is 0.891. The smallest absolute Gasteiger partial charge is 0.256 e. The average molecular weight is 447 g/mol. The standard InChI is InChI=1S/C20H17BrClN3O2/c1-12-18(20(26)23-15-6-4-14(22)5-7-15)16-11-13(21)3-8-17(16)24-19(12)25-9-2-10-27-25/h3-8,11H,2,9-10H2,1H3,(H,23,26). The third-order valence-electron chi connectivity index (χ3n) is 4.48. The summed E-state index contributed by atoms with van der Waals surface area (Å²) in [5.74, 6) is 0.490. The lowest BCUT2D eigenvalue weighted by molar-refractivity contribution is 0.102. The van der Waals surface area contributed by atoms with Gasteiger partial charge in [0.2, 0.25) is 0 Å². The molecule has 7 heteroatoms. The number of nitrogens with zero attached hydrogens (tertiary/aromatic N) is 2. The number of hydroxylamine groups is 1. The molecule has 0 saturated carbocycles. The van der Waals surface area contributed by atoms with E-state index in [9.17, 15) is 4.79 Å². The highest BCUT2D eigenvalue weighted by molar-refractivity contribution is 9.10. The topological polar surface area (TPSA) is 54.5 Å². The molecule has 138 valence electrons. The molecule has 1 amide bonds. The molecule has 1 fully saturated rings. The summed E-state index contributed by atoms with van der Waals surface area (Å²) in [7, 11) is 0. The number of rotatable bonds is 3. The second-order valence-corrected chi connectivity index (χ2v) is 7.70. The van der Waals surface area contributed by atoms with E-state index in [1.807, 2.05) is 25.1 Å². The first-order valence-corrected chi connectivity index (χ1v) is 9.77. The van der Waals surface area contributed by atoms with Crippen molar-refractivity contribution in [2.45, 2.75) is 13.3 Å². The molecule has 2 heterocycles. The van der Waals surface area contributed by atoms with Crippen LogP contribution in [0, 0.1) is 6.92 Å². The quantitative estimate of drug-likeness (QED) is 0.589. The van der Waals surface area contributed by atoms with Crippen molar-refractivity contribution in [3.63, 3.8) is 0 Å². The number of carbonyl (C=O) groups is 1. The molecule has 1 aliphatic heterocycles. The van der Waals surface area contributed by atoms with Crippen LogP contribution >= 0.6 is 27.5 Å². The van der Waals surface area contributed by atoms with Crippen molar-refractivity contribution in [3.05, 3.63) is 63.1 Å². The third-order valence-corrected chi connectivity index (χ3v) is 5.23. The van der Waals surface area contributed by atoms with E-state index in [-0.39, 0.29) is 5.91 Å². The summed E-state index contributed by atoms with van der Waals surface area (Å²) in [6.45, 7) is 3.32. The molecule has 0 unspecified atom stereocenters. The Labute approximate surface area is 170 Å². The van der Waals surface area contributed by atoms with Gasteiger partial charge in [0.15, 0.2) is 5.82 Å². The first kappa shape index (κ1) is 18.2. The monoisotopic (exact) mass is 445 g/mol. The second-order valence-electron chi connectivity index (χ2n) is 6.35. The molecule has 4 rings (SSSR count). The normalized spacial score (nSPS) is 14.0. The minimum Gasteiger partial charge on any atom is -0.322 e. The summed E-state index contributed by atoms with van der Waals surface area (Å²) in [5, 5.41) is 6.14.